The van der Waals surface area contributed by atoms with Gasteiger partial charge in [-0.2, -0.15) is 0 Å². The first-order valence-corrected chi connectivity index (χ1v) is 19.3. The van der Waals surface area contributed by atoms with Gasteiger partial charge in [0.1, 0.15) is 23.3 Å². The summed E-state index contributed by atoms with van der Waals surface area (Å²) < 4.78 is 22.6. The van der Waals surface area contributed by atoms with E-state index in [1.807, 2.05) is 39.1 Å². The van der Waals surface area contributed by atoms with Crippen molar-refractivity contribution in [1.82, 2.24) is 35.1 Å². The number of likely N-dealkylation sites (tertiary alicyclic amines) is 1. The Morgan fingerprint density at radius 3 is 2.30 bits per heavy atom. The van der Waals surface area contributed by atoms with Gasteiger partial charge in [0, 0.05) is 18.7 Å². The molecule has 0 radical (unpaired) electrons. The zero-order valence-corrected chi connectivity index (χ0v) is 32.7. The normalized spacial score (nSPS) is 22.0. The highest BCUT2D eigenvalue weighted by atomic mass is 16.6. The number of rotatable bonds is 4. The van der Waals surface area contributed by atoms with Crippen LogP contribution < -0.4 is 5.32 Å². The molecule has 2 saturated heterocycles. The maximum atomic E-state index is 13.9. The van der Waals surface area contributed by atoms with Crippen LogP contribution in [0.25, 0.3) is 33.6 Å². The third-order valence-corrected chi connectivity index (χ3v) is 10.5. The topological polar surface area (TPSA) is 164 Å². The van der Waals surface area contributed by atoms with E-state index in [0.29, 0.717) is 32.1 Å². The predicted octanol–water partition coefficient (Wildman–Crippen LogP) is 7.09. The molecule has 4 atom stereocenters. The predicted molar refractivity (Wildman–Crippen MR) is 209 cm³/mol. The van der Waals surface area contributed by atoms with Crippen molar-refractivity contribution in [3.05, 3.63) is 84.2 Å². The Morgan fingerprint density at radius 2 is 1.54 bits per heavy atom. The number of nitrogens with zero attached hydrogens (tertiary/aromatic N) is 4. The van der Waals surface area contributed by atoms with E-state index in [1.165, 1.54) is 7.11 Å². The summed E-state index contributed by atoms with van der Waals surface area (Å²) in [4.78, 5) is 59.0. The molecule has 5 heterocycles. The van der Waals surface area contributed by atoms with Crippen LogP contribution in [-0.4, -0.2) is 99.0 Å². The average molecular weight is 766 g/mol. The van der Waals surface area contributed by atoms with Gasteiger partial charge in [0.05, 0.1) is 68.9 Å². The maximum Gasteiger partial charge on any atom is 0.410 e. The van der Waals surface area contributed by atoms with Crippen LogP contribution in [0.5, 0.6) is 0 Å². The molecule has 296 valence electrons. The highest BCUT2D eigenvalue weighted by Crippen LogP contribution is 2.36. The monoisotopic (exact) mass is 765 g/mol. The minimum Gasteiger partial charge on any atom is -0.453 e. The first-order chi connectivity index (χ1) is 27.0. The highest BCUT2D eigenvalue weighted by Gasteiger charge is 2.39. The van der Waals surface area contributed by atoms with E-state index >= 15 is 0 Å². The summed E-state index contributed by atoms with van der Waals surface area (Å²) in [7, 11) is 1.27. The molecule has 3 N–H and O–H groups in total. The van der Waals surface area contributed by atoms with Crippen molar-refractivity contribution in [2.45, 2.75) is 89.8 Å². The number of ether oxygens (including phenoxy) is 4. The van der Waals surface area contributed by atoms with Gasteiger partial charge in [-0.3, -0.25) is 9.69 Å². The van der Waals surface area contributed by atoms with E-state index in [9.17, 15) is 14.4 Å². The van der Waals surface area contributed by atoms with Crippen LogP contribution in [0.1, 0.15) is 82.7 Å². The Balaban J connectivity index is 1.12. The fourth-order valence-corrected chi connectivity index (χ4v) is 7.62. The molecule has 0 unspecified atom stereocenters. The quantitative estimate of drug-likeness (QED) is 0.184. The van der Waals surface area contributed by atoms with Crippen molar-refractivity contribution >= 4 is 18.1 Å². The molecule has 14 heteroatoms. The van der Waals surface area contributed by atoms with Crippen LogP contribution >= 0.6 is 0 Å². The number of amides is 3. The molecule has 3 aliphatic rings. The molecule has 0 saturated carbocycles. The standard InChI is InChI=1S/C42H51N7O7/c1-26-36(47-40(51)53-5)39(50)48-18-8-10-34(48)37-44-24-33(46-37)31-17-16-29(22-30(31)25-54-20-6-7-21-55-26)27-12-14-28(15-13-27)32-23-43-38(45-32)35-11-9-19-49(35)41(52)56-42(2,3)4/h6-7,12-17,22-24,26,34-36H,8-11,18-21,25H2,1-5H3,(H,43,45)(H,44,46)(H,47,51)/t26-,34+,35+,36+/m1/s1. The molecule has 14 nitrogen and oxygen atoms in total. The van der Waals surface area contributed by atoms with Crippen molar-refractivity contribution in [2.24, 2.45) is 0 Å². The van der Waals surface area contributed by atoms with E-state index in [4.69, 9.17) is 23.9 Å². The van der Waals surface area contributed by atoms with E-state index in [1.54, 1.807) is 22.9 Å². The summed E-state index contributed by atoms with van der Waals surface area (Å²) in [6.45, 7) is 9.51. The average Bonchev–Trinajstić information content (AvgIpc) is 4.02. The van der Waals surface area contributed by atoms with Crippen molar-refractivity contribution < 1.29 is 33.3 Å². The number of aromatic nitrogens is 4. The maximum absolute atomic E-state index is 13.9. The van der Waals surface area contributed by atoms with Gasteiger partial charge in [0.25, 0.3) is 0 Å². The number of carbonyl (C=O) groups excluding carboxylic acids is 3. The van der Waals surface area contributed by atoms with Crippen molar-refractivity contribution in [1.29, 1.82) is 0 Å². The second-order valence-electron chi connectivity index (χ2n) is 15.5. The molecule has 56 heavy (non-hydrogen) atoms. The number of aromatic amines is 2. The number of nitrogens with one attached hydrogen (secondary N) is 3. The van der Waals surface area contributed by atoms with E-state index in [0.717, 1.165) is 70.7 Å². The minimum absolute atomic E-state index is 0.154. The fraction of sp³-hybridized carbons (Fsp3) is 0.452. The lowest BCUT2D eigenvalue weighted by atomic mass is 9.97. The van der Waals surface area contributed by atoms with Crippen LogP contribution in [0.4, 0.5) is 9.59 Å². The second kappa shape index (κ2) is 16.7. The molecule has 3 amide bonds. The smallest absolute Gasteiger partial charge is 0.410 e. The Labute approximate surface area is 327 Å². The number of fused-ring (bicyclic) bond motifs is 6. The summed E-state index contributed by atoms with van der Waals surface area (Å²) >= 11 is 0. The molecule has 0 spiro atoms. The zero-order valence-electron chi connectivity index (χ0n) is 32.7. The number of imidazole rings is 2. The number of hydrogen-bond donors (Lipinski definition) is 3. The van der Waals surface area contributed by atoms with Gasteiger partial charge >= 0.3 is 12.2 Å². The van der Waals surface area contributed by atoms with Crippen molar-refractivity contribution in [2.75, 3.05) is 33.4 Å². The van der Waals surface area contributed by atoms with Crippen molar-refractivity contribution in [3.63, 3.8) is 0 Å². The van der Waals surface area contributed by atoms with Gasteiger partial charge in [-0.05, 0) is 81.7 Å². The zero-order chi connectivity index (χ0) is 39.4. The van der Waals surface area contributed by atoms with Gasteiger partial charge in [0.15, 0.2) is 0 Å². The van der Waals surface area contributed by atoms with E-state index in [2.05, 4.69) is 62.7 Å². The van der Waals surface area contributed by atoms with Gasteiger partial charge in [0.2, 0.25) is 5.91 Å². The van der Waals surface area contributed by atoms with Crippen molar-refractivity contribution in [3.8, 4) is 33.6 Å². The van der Waals surface area contributed by atoms with Gasteiger partial charge in [-0.1, -0.05) is 48.6 Å². The summed E-state index contributed by atoms with van der Waals surface area (Å²) in [5.41, 5.74) is 6.13. The molecule has 7 rings (SSSR count). The van der Waals surface area contributed by atoms with Gasteiger partial charge in [-0.25, -0.2) is 19.6 Å². The molecule has 0 aliphatic carbocycles. The summed E-state index contributed by atoms with van der Waals surface area (Å²) in [6, 6.07) is 13.2. The van der Waals surface area contributed by atoms with Crippen LogP contribution in [0, 0.1) is 0 Å². The van der Waals surface area contributed by atoms with E-state index in [-0.39, 0.29) is 30.7 Å². The molecule has 2 aromatic heterocycles. The Hall–Kier alpha value is -5.47. The SMILES string of the molecule is COC(=O)N[C@@H]1C(=O)N2CCC[C@H]2c2ncc([nH]2)-c2ccc(-c3ccc(-c4cnc([C@@H]5CCCN5C(=O)OC(C)(C)C)[nH]4)cc3)cc2COCC=CCO[C@@H]1C. The molecule has 2 bridgehead atoms. The summed E-state index contributed by atoms with van der Waals surface area (Å²) in [5, 5.41) is 2.68. The molecular weight excluding hydrogens is 715 g/mol. The van der Waals surface area contributed by atoms with Crippen LogP contribution in [0.15, 0.2) is 67.0 Å². The number of alkyl carbamates (subject to hydrolysis) is 1. The fourth-order valence-electron chi connectivity index (χ4n) is 7.62. The first kappa shape index (κ1) is 38.8. The number of methoxy groups -OCH3 is 1. The lowest BCUT2D eigenvalue weighted by Crippen LogP contribution is -2.54. The number of carbonyl (C=O) groups is 3. The number of hydrogen-bond acceptors (Lipinski definition) is 9. The molecule has 3 aliphatic heterocycles. The largest absolute Gasteiger partial charge is 0.453 e. The number of H-pyrrole nitrogens is 2. The van der Waals surface area contributed by atoms with Crippen LogP contribution in [0.3, 0.4) is 0 Å². The lowest BCUT2D eigenvalue weighted by molar-refractivity contribution is -0.138. The molecule has 2 fully saturated rings. The van der Waals surface area contributed by atoms with Gasteiger partial charge < -0.3 is 39.1 Å². The second-order valence-corrected chi connectivity index (χ2v) is 15.5. The Kier molecular flexibility index (Phi) is 11.6. The molecule has 4 aromatic rings. The lowest BCUT2D eigenvalue weighted by Gasteiger charge is -2.31. The highest BCUT2D eigenvalue weighted by molar-refractivity contribution is 5.87. The van der Waals surface area contributed by atoms with Gasteiger partial charge in [-0.15, -0.1) is 0 Å². The van der Waals surface area contributed by atoms with Crippen LogP contribution in [0.2, 0.25) is 0 Å². The molecular formula is C42H51N7O7. The third kappa shape index (κ3) is 8.66. The Bertz CT molecular complexity index is 2050. The van der Waals surface area contributed by atoms with Crippen LogP contribution in [-0.2, 0) is 30.3 Å². The molecule has 2 aromatic carbocycles. The first-order valence-electron chi connectivity index (χ1n) is 19.3. The summed E-state index contributed by atoms with van der Waals surface area (Å²) in [5.74, 6) is 1.19. The Morgan fingerprint density at radius 1 is 0.875 bits per heavy atom. The summed E-state index contributed by atoms with van der Waals surface area (Å²) in [6.07, 6.45) is 8.98. The third-order valence-electron chi connectivity index (χ3n) is 10.5. The van der Waals surface area contributed by atoms with E-state index < -0.39 is 23.8 Å². The minimum atomic E-state index is -0.934. The number of benzene rings is 2.